The molecule has 0 unspecified atom stereocenters. The van der Waals surface area contributed by atoms with Gasteiger partial charge < -0.3 is 10.6 Å². The van der Waals surface area contributed by atoms with Gasteiger partial charge in [0.05, 0.1) is 11.4 Å². The molecule has 5 heteroatoms. The fourth-order valence-corrected chi connectivity index (χ4v) is 1.37. The summed E-state index contributed by atoms with van der Waals surface area (Å²) < 4.78 is 1.75. The Kier molecular flexibility index (Phi) is 4.15. The van der Waals surface area contributed by atoms with Crippen LogP contribution >= 0.6 is 0 Å². The highest BCUT2D eigenvalue weighted by Crippen LogP contribution is 2.10. The number of aromatic nitrogens is 2. The van der Waals surface area contributed by atoms with Gasteiger partial charge in [0.2, 0.25) is 5.91 Å². The number of nitrogens with one attached hydrogen (secondary N) is 2. The van der Waals surface area contributed by atoms with Crippen molar-refractivity contribution >= 4 is 11.6 Å². The van der Waals surface area contributed by atoms with Gasteiger partial charge >= 0.3 is 0 Å². The molecule has 0 spiro atoms. The van der Waals surface area contributed by atoms with E-state index in [1.54, 1.807) is 4.68 Å². The van der Waals surface area contributed by atoms with Crippen molar-refractivity contribution in [1.29, 1.82) is 0 Å². The Morgan fingerprint density at radius 1 is 1.60 bits per heavy atom. The predicted octanol–water partition coefficient (Wildman–Crippen LogP) is 0.667. The number of nitrogens with zero attached hydrogens (tertiary/aromatic N) is 2. The summed E-state index contributed by atoms with van der Waals surface area (Å²) in [5.41, 5.74) is 1.94. The molecule has 1 aromatic rings. The number of carbonyl (C=O) groups excluding carboxylic acids is 1. The summed E-state index contributed by atoms with van der Waals surface area (Å²) in [6.07, 6.45) is 2.40. The van der Waals surface area contributed by atoms with Gasteiger partial charge in [-0.2, -0.15) is 5.10 Å². The van der Waals surface area contributed by atoms with E-state index in [9.17, 15) is 4.79 Å². The average molecular weight is 210 g/mol. The Balaban J connectivity index is 2.31. The Morgan fingerprint density at radius 3 is 2.87 bits per heavy atom. The summed E-state index contributed by atoms with van der Waals surface area (Å²) in [6, 6.07) is 0. The largest absolute Gasteiger partial charge is 0.382 e. The third-order valence-corrected chi connectivity index (χ3v) is 2.05. The van der Waals surface area contributed by atoms with Crippen molar-refractivity contribution in [3.05, 3.63) is 11.9 Å². The van der Waals surface area contributed by atoms with E-state index in [1.165, 1.54) is 0 Å². The highest BCUT2D eigenvalue weighted by Gasteiger charge is 2.03. The van der Waals surface area contributed by atoms with Crippen LogP contribution in [0.3, 0.4) is 0 Å². The van der Waals surface area contributed by atoms with Crippen molar-refractivity contribution in [3.63, 3.8) is 0 Å². The van der Waals surface area contributed by atoms with Gasteiger partial charge in [0.25, 0.3) is 0 Å². The molecular weight excluding hydrogens is 192 g/mol. The van der Waals surface area contributed by atoms with Crippen LogP contribution in [0.5, 0.6) is 0 Å². The fraction of sp³-hybridized carbons (Fsp3) is 0.600. The molecule has 0 aliphatic rings. The molecule has 0 bridgehead atoms. The second-order valence-electron chi connectivity index (χ2n) is 3.43. The Hall–Kier alpha value is -1.52. The van der Waals surface area contributed by atoms with E-state index in [0.29, 0.717) is 19.5 Å². The average Bonchev–Trinajstić information content (AvgIpc) is 2.46. The second kappa shape index (κ2) is 5.38. The van der Waals surface area contributed by atoms with Crippen molar-refractivity contribution in [3.8, 4) is 0 Å². The summed E-state index contributed by atoms with van der Waals surface area (Å²) >= 11 is 0. The molecule has 0 saturated heterocycles. The molecule has 2 N–H and O–H groups in total. The summed E-state index contributed by atoms with van der Waals surface area (Å²) in [5, 5.41) is 10.1. The number of carbonyl (C=O) groups is 1. The number of amides is 1. The number of rotatable bonds is 5. The standard InChI is InChI=1S/C10H18N4O/c1-4-11-10(15)5-6-12-9-7-14(3)13-8(9)2/h7,12H,4-6H2,1-3H3,(H,11,15). The molecule has 0 aromatic carbocycles. The molecule has 0 atom stereocenters. The van der Waals surface area contributed by atoms with E-state index < -0.39 is 0 Å². The quantitative estimate of drug-likeness (QED) is 0.751. The first-order chi connectivity index (χ1) is 7.13. The Bertz CT molecular complexity index is 332. The molecule has 0 radical (unpaired) electrons. The smallest absolute Gasteiger partial charge is 0.221 e. The third-order valence-electron chi connectivity index (χ3n) is 2.05. The maximum Gasteiger partial charge on any atom is 0.221 e. The third kappa shape index (κ3) is 3.61. The first-order valence-corrected chi connectivity index (χ1v) is 5.14. The maximum absolute atomic E-state index is 11.2. The lowest BCUT2D eigenvalue weighted by atomic mass is 10.3. The molecule has 1 amide bonds. The van der Waals surface area contributed by atoms with Gasteiger partial charge in [-0.1, -0.05) is 0 Å². The van der Waals surface area contributed by atoms with Crippen molar-refractivity contribution < 1.29 is 4.79 Å². The maximum atomic E-state index is 11.2. The van der Waals surface area contributed by atoms with Crippen LogP contribution in [0.1, 0.15) is 19.0 Å². The van der Waals surface area contributed by atoms with Crippen LogP contribution in [0.4, 0.5) is 5.69 Å². The van der Waals surface area contributed by atoms with E-state index in [4.69, 9.17) is 0 Å². The molecule has 84 valence electrons. The van der Waals surface area contributed by atoms with Crippen LogP contribution in [0.25, 0.3) is 0 Å². The van der Waals surface area contributed by atoms with E-state index in [2.05, 4.69) is 15.7 Å². The summed E-state index contributed by atoms with van der Waals surface area (Å²) in [7, 11) is 1.88. The molecular formula is C10H18N4O. The molecule has 1 rings (SSSR count). The minimum absolute atomic E-state index is 0.0755. The molecule has 1 heterocycles. The molecule has 0 saturated carbocycles. The molecule has 0 aliphatic heterocycles. The highest BCUT2D eigenvalue weighted by atomic mass is 16.1. The van der Waals surface area contributed by atoms with Gasteiger partial charge in [0.1, 0.15) is 0 Å². The number of aryl methyl sites for hydroxylation is 2. The molecule has 15 heavy (non-hydrogen) atoms. The summed E-state index contributed by atoms with van der Waals surface area (Å²) in [6.45, 7) is 5.17. The van der Waals surface area contributed by atoms with Gasteiger partial charge in [0.15, 0.2) is 0 Å². The zero-order valence-electron chi connectivity index (χ0n) is 9.50. The molecule has 1 aromatic heterocycles. The molecule has 5 nitrogen and oxygen atoms in total. The van der Waals surface area contributed by atoms with Gasteiger partial charge in [-0.25, -0.2) is 0 Å². The SMILES string of the molecule is CCNC(=O)CCNc1cn(C)nc1C. The van der Waals surface area contributed by atoms with Crippen molar-refractivity contribution in [2.45, 2.75) is 20.3 Å². The van der Waals surface area contributed by atoms with Gasteiger partial charge in [-0.3, -0.25) is 9.48 Å². The van der Waals surface area contributed by atoms with E-state index in [-0.39, 0.29) is 5.91 Å². The van der Waals surface area contributed by atoms with Crippen LogP contribution in [-0.4, -0.2) is 28.8 Å². The normalized spacial score (nSPS) is 10.1. The van der Waals surface area contributed by atoms with Gasteiger partial charge in [-0.05, 0) is 13.8 Å². The van der Waals surface area contributed by atoms with E-state index in [1.807, 2.05) is 27.1 Å². The molecule has 0 aliphatic carbocycles. The van der Waals surface area contributed by atoms with E-state index >= 15 is 0 Å². The Labute approximate surface area is 89.9 Å². The van der Waals surface area contributed by atoms with Gasteiger partial charge in [0, 0.05) is 32.8 Å². The van der Waals surface area contributed by atoms with Crippen LogP contribution in [0.15, 0.2) is 6.20 Å². The zero-order chi connectivity index (χ0) is 11.3. The molecule has 0 fully saturated rings. The Morgan fingerprint density at radius 2 is 2.33 bits per heavy atom. The van der Waals surface area contributed by atoms with Crippen LogP contribution < -0.4 is 10.6 Å². The van der Waals surface area contributed by atoms with Crippen LogP contribution in [0, 0.1) is 6.92 Å². The van der Waals surface area contributed by atoms with E-state index in [0.717, 1.165) is 11.4 Å². The lowest BCUT2D eigenvalue weighted by molar-refractivity contribution is -0.120. The van der Waals surface area contributed by atoms with Crippen molar-refractivity contribution in [2.75, 3.05) is 18.4 Å². The zero-order valence-corrected chi connectivity index (χ0v) is 9.50. The second-order valence-corrected chi connectivity index (χ2v) is 3.43. The topological polar surface area (TPSA) is 59.0 Å². The minimum atomic E-state index is 0.0755. The first kappa shape index (κ1) is 11.6. The summed E-state index contributed by atoms with van der Waals surface area (Å²) in [5.74, 6) is 0.0755. The first-order valence-electron chi connectivity index (χ1n) is 5.14. The van der Waals surface area contributed by atoms with Crippen molar-refractivity contribution in [2.24, 2.45) is 7.05 Å². The van der Waals surface area contributed by atoms with Crippen molar-refractivity contribution in [1.82, 2.24) is 15.1 Å². The van der Waals surface area contributed by atoms with Crippen LogP contribution in [0.2, 0.25) is 0 Å². The minimum Gasteiger partial charge on any atom is -0.382 e. The number of anilines is 1. The number of hydrogen-bond donors (Lipinski definition) is 2. The highest BCUT2D eigenvalue weighted by molar-refractivity contribution is 5.76. The van der Waals surface area contributed by atoms with Gasteiger partial charge in [-0.15, -0.1) is 0 Å². The number of hydrogen-bond acceptors (Lipinski definition) is 3. The monoisotopic (exact) mass is 210 g/mol. The lowest BCUT2D eigenvalue weighted by Crippen LogP contribution is -2.24. The predicted molar refractivity (Wildman–Crippen MR) is 59.7 cm³/mol. The lowest BCUT2D eigenvalue weighted by Gasteiger charge is -2.04. The fourth-order valence-electron chi connectivity index (χ4n) is 1.37. The van der Waals surface area contributed by atoms with Crippen LogP contribution in [-0.2, 0) is 11.8 Å². The summed E-state index contributed by atoms with van der Waals surface area (Å²) in [4.78, 5) is 11.2.